The maximum atomic E-state index is 12.4. The topological polar surface area (TPSA) is 85.3 Å². The molecule has 23 heavy (non-hydrogen) atoms. The first-order valence-corrected chi connectivity index (χ1v) is 7.67. The molecule has 0 aromatic rings. The Hall–Kier alpha value is -1.60. The highest BCUT2D eigenvalue weighted by Gasteiger charge is 2.47. The molecule has 0 aliphatic carbocycles. The Bertz CT molecular complexity index is 466. The quantitative estimate of drug-likeness (QED) is 0.626. The van der Waals surface area contributed by atoms with Crippen LogP contribution < -0.4 is 0 Å². The van der Waals surface area contributed by atoms with E-state index < -0.39 is 35.5 Å². The summed E-state index contributed by atoms with van der Waals surface area (Å²) in [6, 6.07) is -0.648. The zero-order chi connectivity index (χ0) is 17.8. The Morgan fingerprint density at radius 3 is 2.57 bits per heavy atom. The minimum absolute atomic E-state index is 0.139. The van der Waals surface area contributed by atoms with Crippen LogP contribution in [0.5, 0.6) is 0 Å². The maximum absolute atomic E-state index is 12.4. The maximum Gasteiger partial charge on any atom is 0.413 e. The number of hydrogen-bond acceptors (Lipinski definition) is 6. The predicted octanol–water partition coefficient (Wildman–Crippen LogP) is 1.84. The lowest BCUT2D eigenvalue weighted by Gasteiger charge is -2.36. The van der Waals surface area contributed by atoms with Crippen molar-refractivity contribution in [3.8, 4) is 0 Å². The van der Waals surface area contributed by atoms with Gasteiger partial charge in [0.2, 0.25) is 0 Å². The van der Waals surface area contributed by atoms with Crippen molar-refractivity contribution < 1.29 is 28.9 Å². The third kappa shape index (κ3) is 5.51. The normalized spacial score (nSPS) is 22.2. The van der Waals surface area contributed by atoms with E-state index in [2.05, 4.69) is 0 Å². The van der Waals surface area contributed by atoms with Crippen LogP contribution in [0.25, 0.3) is 0 Å². The number of nitrogens with zero attached hydrogens (tertiary/aromatic N) is 1. The van der Waals surface area contributed by atoms with Crippen LogP contribution in [0.15, 0.2) is 12.2 Å². The molecule has 0 bridgehead atoms. The molecule has 0 radical (unpaired) electrons. The number of amides is 1. The lowest BCUT2D eigenvalue weighted by atomic mass is 10.1. The SMILES string of the molecule is CCOC(=O)/C=C/[C@H](O)[C@H]1COC(C)(C)N1C(=O)OC(C)(C)C. The molecule has 1 aliphatic rings. The fourth-order valence-corrected chi connectivity index (χ4v) is 2.25. The van der Waals surface area contributed by atoms with Gasteiger partial charge in [0.15, 0.2) is 0 Å². The molecule has 1 aliphatic heterocycles. The van der Waals surface area contributed by atoms with E-state index in [4.69, 9.17) is 14.2 Å². The van der Waals surface area contributed by atoms with Gasteiger partial charge in [-0.3, -0.25) is 4.90 Å². The molecule has 2 atom stereocenters. The van der Waals surface area contributed by atoms with Crippen LogP contribution in [0.3, 0.4) is 0 Å². The Morgan fingerprint density at radius 2 is 2.04 bits per heavy atom. The minimum atomic E-state index is -1.08. The summed E-state index contributed by atoms with van der Waals surface area (Å²) in [4.78, 5) is 25.1. The number of rotatable bonds is 4. The van der Waals surface area contributed by atoms with Crippen LogP contribution in [0.2, 0.25) is 0 Å². The smallest absolute Gasteiger partial charge is 0.413 e. The molecule has 0 spiro atoms. The van der Waals surface area contributed by atoms with E-state index in [-0.39, 0.29) is 13.2 Å². The van der Waals surface area contributed by atoms with E-state index >= 15 is 0 Å². The Labute approximate surface area is 137 Å². The summed E-state index contributed by atoms with van der Waals surface area (Å²) < 4.78 is 15.7. The van der Waals surface area contributed by atoms with E-state index in [0.29, 0.717) is 0 Å². The van der Waals surface area contributed by atoms with Gasteiger partial charge in [-0.25, -0.2) is 9.59 Å². The Kier molecular flexibility index (Phi) is 6.18. The number of aliphatic hydroxyl groups is 1. The third-order valence-corrected chi connectivity index (χ3v) is 3.22. The van der Waals surface area contributed by atoms with Crippen LogP contribution in [0, 0.1) is 0 Å². The first-order valence-electron chi connectivity index (χ1n) is 7.67. The number of esters is 1. The lowest BCUT2D eigenvalue weighted by molar-refractivity contribution is -0.137. The molecule has 0 unspecified atom stereocenters. The molecule has 1 heterocycles. The minimum Gasteiger partial charge on any atom is -0.463 e. The summed E-state index contributed by atoms with van der Waals surface area (Å²) >= 11 is 0. The first-order chi connectivity index (χ1) is 10.5. The average Bonchev–Trinajstić information content (AvgIpc) is 2.70. The summed E-state index contributed by atoms with van der Waals surface area (Å²) in [6.45, 7) is 10.8. The number of hydrogen-bond donors (Lipinski definition) is 1. The number of ether oxygens (including phenoxy) is 3. The van der Waals surface area contributed by atoms with Crippen LogP contribution in [-0.2, 0) is 19.0 Å². The van der Waals surface area contributed by atoms with E-state index in [9.17, 15) is 14.7 Å². The van der Waals surface area contributed by atoms with Gasteiger partial charge in [-0.15, -0.1) is 0 Å². The van der Waals surface area contributed by atoms with Crippen molar-refractivity contribution >= 4 is 12.1 Å². The Balaban J connectivity index is 2.87. The first kappa shape index (κ1) is 19.4. The van der Waals surface area contributed by atoms with Crippen molar-refractivity contribution in [1.82, 2.24) is 4.90 Å². The monoisotopic (exact) mass is 329 g/mol. The van der Waals surface area contributed by atoms with Gasteiger partial charge in [0.05, 0.1) is 25.4 Å². The average molecular weight is 329 g/mol. The summed E-state index contributed by atoms with van der Waals surface area (Å²) in [5.41, 5.74) is -1.57. The fourth-order valence-electron chi connectivity index (χ4n) is 2.25. The van der Waals surface area contributed by atoms with Crippen molar-refractivity contribution in [3.05, 3.63) is 12.2 Å². The summed E-state index contributed by atoms with van der Waals surface area (Å²) in [5.74, 6) is -0.548. The van der Waals surface area contributed by atoms with Gasteiger partial charge in [0, 0.05) is 6.08 Å². The Morgan fingerprint density at radius 1 is 1.43 bits per heavy atom. The molecule has 1 fully saturated rings. The van der Waals surface area contributed by atoms with Crippen molar-refractivity contribution in [1.29, 1.82) is 0 Å². The lowest BCUT2D eigenvalue weighted by Crippen LogP contribution is -2.53. The largest absolute Gasteiger partial charge is 0.463 e. The second-order valence-electron chi connectivity index (χ2n) is 6.78. The number of aliphatic hydroxyl groups excluding tert-OH is 1. The highest BCUT2D eigenvalue weighted by atomic mass is 16.6. The van der Waals surface area contributed by atoms with Gasteiger partial charge in [0.1, 0.15) is 11.3 Å². The second kappa shape index (κ2) is 7.31. The molecule has 1 amide bonds. The second-order valence-corrected chi connectivity index (χ2v) is 6.78. The molecule has 132 valence electrons. The van der Waals surface area contributed by atoms with E-state index in [1.807, 2.05) is 0 Å². The molecule has 0 aromatic carbocycles. The van der Waals surface area contributed by atoms with Gasteiger partial charge in [0.25, 0.3) is 0 Å². The van der Waals surface area contributed by atoms with Gasteiger partial charge in [-0.2, -0.15) is 0 Å². The van der Waals surface area contributed by atoms with Crippen LogP contribution >= 0.6 is 0 Å². The zero-order valence-corrected chi connectivity index (χ0v) is 14.7. The molecule has 1 saturated heterocycles. The summed E-state index contributed by atoms with van der Waals surface area (Å²) in [7, 11) is 0. The van der Waals surface area contributed by atoms with Crippen molar-refractivity contribution in [2.24, 2.45) is 0 Å². The fraction of sp³-hybridized carbons (Fsp3) is 0.750. The molecular formula is C16H27NO6. The van der Waals surface area contributed by atoms with Gasteiger partial charge in [-0.1, -0.05) is 0 Å². The molecule has 0 aromatic heterocycles. The number of carbonyl (C=O) groups excluding carboxylic acids is 2. The van der Waals surface area contributed by atoms with Gasteiger partial charge < -0.3 is 19.3 Å². The highest BCUT2D eigenvalue weighted by Crippen LogP contribution is 2.31. The highest BCUT2D eigenvalue weighted by molar-refractivity contribution is 5.82. The predicted molar refractivity (Wildman–Crippen MR) is 83.7 cm³/mol. The molecule has 7 nitrogen and oxygen atoms in total. The van der Waals surface area contributed by atoms with Gasteiger partial charge in [-0.05, 0) is 47.6 Å². The third-order valence-electron chi connectivity index (χ3n) is 3.22. The molecule has 0 saturated carbocycles. The summed E-state index contributed by atoms with van der Waals surface area (Å²) in [5, 5.41) is 10.3. The summed E-state index contributed by atoms with van der Waals surface area (Å²) in [6.07, 6.45) is 0.791. The van der Waals surface area contributed by atoms with E-state index in [0.717, 1.165) is 6.08 Å². The van der Waals surface area contributed by atoms with Crippen molar-refractivity contribution in [2.75, 3.05) is 13.2 Å². The van der Waals surface area contributed by atoms with Crippen LogP contribution in [0.1, 0.15) is 41.5 Å². The van der Waals surface area contributed by atoms with E-state index in [1.54, 1.807) is 41.5 Å². The molecule has 1 N–H and O–H groups in total. The van der Waals surface area contributed by atoms with Crippen LogP contribution in [-0.4, -0.2) is 58.8 Å². The molecule has 1 rings (SSSR count). The van der Waals surface area contributed by atoms with Crippen molar-refractivity contribution in [2.45, 2.75) is 65.0 Å². The van der Waals surface area contributed by atoms with Gasteiger partial charge >= 0.3 is 12.1 Å². The van der Waals surface area contributed by atoms with Crippen molar-refractivity contribution in [3.63, 3.8) is 0 Å². The number of carbonyl (C=O) groups is 2. The standard InChI is InChI=1S/C16H27NO6/c1-7-21-13(19)9-8-12(18)11-10-22-16(5,6)17(11)14(20)23-15(2,3)4/h8-9,11-12,18H,7,10H2,1-6H3/b9-8+/t11-,12+/m1/s1. The molecular weight excluding hydrogens is 302 g/mol. The zero-order valence-electron chi connectivity index (χ0n) is 14.7. The molecule has 7 heteroatoms. The van der Waals surface area contributed by atoms with E-state index in [1.165, 1.54) is 11.0 Å². The van der Waals surface area contributed by atoms with Crippen LogP contribution in [0.4, 0.5) is 4.79 Å².